The Bertz CT molecular complexity index is 2870. The van der Waals surface area contributed by atoms with Crippen molar-refractivity contribution >= 4 is 65.2 Å². The number of hydrogen-bond acceptors (Lipinski definition) is 5. The quantitative estimate of drug-likeness (QED) is 0.189. The molecule has 0 radical (unpaired) electrons. The van der Waals surface area contributed by atoms with E-state index in [1.807, 2.05) is 24.3 Å². The molecule has 5 heteroatoms. The number of benzene rings is 7. The van der Waals surface area contributed by atoms with Gasteiger partial charge in [-0.1, -0.05) is 115 Å². The molecule has 0 aliphatic heterocycles. The smallest absolute Gasteiger partial charge is 0.228 e. The lowest BCUT2D eigenvalue weighted by Crippen LogP contribution is -2.00. The van der Waals surface area contributed by atoms with Crippen LogP contribution in [0, 0.1) is 0 Å². The highest BCUT2D eigenvalue weighted by atomic mass is 16.3. The van der Waals surface area contributed by atoms with Gasteiger partial charge in [0, 0.05) is 28.3 Å². The first kappa shape index (κ1) is 25.8. The summed E-state index contributed by atoms with van der Waals surface area (Å²) >= 11 is 0. The Morgan fingerprint density at radius 3 is 1.83 bits per heavy atom. The van der Waals surface area contributed by atoms with Gasteiger partial charge in [0.1, 0.15) is 5.58 Å². The van der Waals surface area contributed by atoms with Gasteiger partial charge in [-0.3, -0.25) is 0 Å². The van der Waals surface area contributed by atoms with Crippen LogP contribution in [0.1, 0.15) is 0 Å². The van der Waals surface area contributed by atoms with Crippen molar-refractivity contribution in [3.8, 4) is 34.2 Å². The molecule has 0 atom stereocenters. The van der Waals surface area contributed by atoms with Crippen molar-refractivity contribution < 1.29 is 4.42 Å². The molecule has 0 N–H and O–H groups in total. The normalized spacial score (nSPS) is 11.8. The SMILES string of the molecule is c1ccc2cc(-c3nc(-c4ccc5ccc6ccc7ccccc7c6c5c4)nc(-c4ccnc5oc6ccccc6c45)n3)ccc2c1. The number of nitrogens with zero attached hydrogens (tertiary/aromatic N) is 4. The van der Waals surface area contributed by atoms with Crippen molar-refractivity contribution in [1.82, 2.24) is 19.9 Å². The molecule has 0 saturated heterocycles. The number of fused-ring (bicyclic) bond motifs is 9. The van der Waals surface area contributed by atoms with Crippen LogP contribution in [-0.2, 0) is 0 Å². The van der Waals surface area contributed by atoms with Crippen LogP contribution in [0.25, 0.3) is 99.3 Å². The van der Waals surface area contributed by atoms with Crippen LogP contribution < -0.4 is 0 Å². The number of rotatable bonds is 3. The molecule has 10 rings (SSSR count). The van der Waals surface area contributed by atoms with Crippen LogP contribution in [0.5, 0.6) is 0 Å². The summed E-state index contributed by atoms with van der Waals surface area (Å²) in [7, 11) is 0. The largest absolute Gasteiger partial charge is 0.438 e. The van der Waals surface area contributed by atoms with Crippen LogP contribution in [0.2, 0.25) is 0 Å². The fraction of sp³-hybridized carbons (Fsp3) is 0. The Kier molecular flexibility index (Phi) is 5.51. The molecule has 0 fully saturated rings. The molecule has 7 aromatic carbocycles. The van der Waals surface area contributed by atoms with Crippen molar-refractivity contribution in [2.24, 2.45) is 0 Å². The number of furan rings is 1. The van der Waals surface area contributed by atoms with Gasteiger partial charge < -0.3 is 4.42 Å². The molecule has 47 heavy (non-hydrogen) atoms. The summed E-state index contributed by atoms with van der Waals surface area (Å²) in [6, 6.07) is 48.5. The second kappa shape index (κ2) is 10.0. The summed E-state index contributed by atoms with van der Waals surface area (Å²) in [6.45, 7) is 0. The van der Waals surface area contributed by atoms with Crippen molar-refractivity contribution in [3.05, 3.63) is 146 Å². The summed E-state index contributed by atoms with van der Waals surface area (Å²) in [6.07, 6.45) is 1.76. The minimum absolute atomic E-state index is 0.557. The number of hydrogen-bond donors (Lipinski definition) is 0. The van der Waals surface area contributed by atoms with Crippen molar-refractivity contribution in [2.45, 2.75) is 0 Å². The zero-order valence-corrected chi connectivity index (χ0v) is 25.1. The highest BCUT2D eigenvalue weighted by molar-refractivity contribution is 6.20. The second-order valence-electron chi connectivity index (χ2n) is 11.9. The van der Waals surface area contributed by atoms with E-state index in [9.17, 15) is 0 Å². The summed E-state index contributed by atoms with van der Waals surface area (Å²) in [5, 5.41) is 11.4. The number of para-hydroxylation sites is 1. The summed E-state index contributed by atoms with van der Waals surface area (Å²) in [5.74, 6) is 1.78. The Labute approximate surface area is 268 Å². The molecule has 0 unspecified atom stereocenters. The number of pyridine rings is 1. The maximum absolute atomic E-state index is 6.13. The van der Waals surface area contributed by atoms with E-state index in [-0.39, 0.29) is 0 Å². The van der Waals surface area contributed by atoms with Gasteiger partial charge in [0.25, 0.3) is 0 Å². The van der Waals surface area contributed by atoms with Gasteiger partial charge in [-0.25, -0.2) is 19.9 Å². The third kappa shape index (κ3) is 4.10. The summed E-state index contributed by atoms with van der Waals surface area (Å²) in [4.78, 5) is 19.9. The first-order valence-electron chi connectivity index (χ1n) is 15.6. The minimum Gasteiger partial charge on any atom is -0.438 e. The van der Waals surface area contributed by atoms with Crippen molar-refractivity contribution in [3.63, 3.8) is 0 Å². The molecular weight excluding hydrogens is 576 g/mol. The molecule has 218 valence electrons. The van der Waals surface area contributed by atoms with E-state index >= 15 is 0 Å². The van der Waals surface area contributed by atoms with Gasteiger partial charge in [0.15, 0.2) is 17.5 Å². The highest BCUT2D eigenvalue weighted by Crippen LogP contribution is 2.37. The van der Waals surface area contributed by atoms with E-state index in [1.54, 1.807) is 6.20 Å². The average molecular weight is 601 g/mol. The molecule has 0 saturated carbocycles. The molecule has 0 bridgehead atoms. The van der Waals surface area contributed by atoms with Gasteiger partial charge in [-0.2, -0.15) is 0 Å². The zero-order chi connectivity index (χ0) is 30.9. The van der Waals surface area contributed by atoms with Crippen LogP contribution in [-0.4, -0.2) is 19.9 Å². The summed E-state index contributed by atoms with van der Waals surface area (Å²) in [5.41, 5.74) is 4.03. The first-order chi connectivity index (χ1) is 23.3. The van der Waals surface area contributed by atoms with Gasteiger partial charge in [0.2, 0.25) is 5.71 Å². The average Bonchev–Trinajstić information content (AvgIpc) is 3.53. The lowest BCUT2D eigenvalue weighted by atomic mass is 9.95. The second-order valence-corrected chi connectivity index (χ2v) is 11.9. The van der Waals surface area contributed by atoms with Crippen molar-refractivity contribution in [1.29, 1.82) is 0 Å². The van der Waals surface area contributed by atoms with Crippen LogP contribution in [0.15, 0.2) is 150 Å². The topological polar surface area (TPSA) is 64.7 Å². The lowest BCUT2D eigenvalue weighted by molar-refractivity contribution is 0.654. The third-order valence-electron chi connectivity index (χ3n) is 9.15. The third-order valence-corrected chi connectivity index (χ3v) is 9.15. The van der Waals surface area contributed by atoms with Gasteiger partial charge in [-0.15, -0.1) is 0 Å². The maximum Gasteiger partial charge on any atom is 0.228 e. The summed E-state index contributed by atoms with van der Waals surface area (Å²) < 4.78 is 6.13. The van der Waals surface area contributed by atoms with E-state index in [2.05, 4.69) is 120 Å². The van der Waals surface area contributed by atoms with Gasteiger partial charge >= 0.3 is 0 Å². The van der Waals surface area contributed by atoms with Gasteiger partial charge in [0.05, 0.1) is 5.39 Å². The molecular formula is C42H24N4O. The van der Waals surface area contributed by atoms with E-state index < -0.39 is 0 Å². The first-order valence-corrected chi connectivity index (χ1v) is 15.6. The van der Waals surface area contributed by atoms with Crippen LogP contribution >= 0.6 is 0 Å². The highest BCUT2D eigenvalue weighted by Gasteiger charge is 2.19. The van der Waals surface area contributed by atoms with Crippen LogP contribution in [0.4, 0.5) is 0 Å². The predicted molar refractivity (Wildman–Crippen MR) is 191 cm³/mol. The Morgan fingerprint density at radius 1 is 0.404 bits per heavy atom. The Balaban J connectivity index is 1.26. The zero-order valence-electron chi connectivity index (χ0n) is 25.1. The van der Waals surface area contributed by atoms with Crippen molar-refractivity contribution in [2.75, 3.05) is 0 Å². The van der Waals surface area contributed by atoms with E-state index in [4.69, 9.17) is 19.4 Å². The van der Waals surface area contributed by atoms with Crippen LogP contribution in [0.3, 0.4) is 0 Å². The molecule has 0 aliphatic carbocycles. The van der Waals surface area contributed by atoms with E-state index in [0.717, 1.165) is 43.8 Å². The molecule has 3 heterocycles. The molecule has 0 amide bonds. The molecule has 0 spiro atoms. The van der Waals surface area contributed by atoms with E-state index in [0.29, 0.717) is 23.2 Å². The standard InChI is InChI=1S/C42H24N4O/c1-2-9-29-23-30(19-13-25(29)7-1)39-44-40(46-41(45-39)34-21-22-43-42-38(34)33-11-5-6-12-36(33)47-42)31-20-16-27-15-18-28-17-14-26-8-3-4-10-32(26)37(28)35(27)24-31/h1-24H. The molecule has 0 aliphatic rings. The van der Waals surface area contributed by atoms with Gasteiger partial charge in [-0.05, 0) is 67.4 Å². The predicted octanol–water partition coefficient (Wildman–Crippen LogP) is 10.8. The fourth-order valence-electron chi connectivity index (χ4n) is 6.88. The monoisotopic (exact) mass is 600 g/mol. The molecule has 5 nitrogen and oxygen atoms in total. The minimum atomic E-state index is 0.557. The molecule has 10 aromatic rings. The maximum atomic E-state index is 6.13. The van der Waals surface area contributed by atoms with E-state index in [1.165, 1.54) is 32.3 Å². The molecule has 3 aromatic heterocycles. The fourth-order valence-corrected chi connectivity index (χ4v) is 6.88. The Morgan fingerprint density at radius 2 is 1.00 bits per heavy atom. The Hall–Kier alpha value is -6.46. The number of aromatic nitrogens is 4. The lowest BCUT2D eigenvalue weighted by Gasteiger charge is -2.12.